The number of fused-ring (bicyclic) bond motifs is 5. The van der Waals surface area contributed by atoms with Gasteiger partial charge in [0.2, 0.25) is 0 Å². The molecule has 0 aromatic carbocycles. The lowest BCUT2D eigenvalue weighted by molar-refractivity contribution is -0.140. The first-order chi connectivity index (χ1) is 17.2. The molecule has 3 atom stereocenters. The molecule has 0 spiro atoms. The molecule has 0 radical (unpaired) electrons. The van der Waals surface area contributed by atoms with Gasteiger partial charge in [-0.25, -0.2) is 4.98 Å². The molecule has 0 saturated carbocycles. The van der Waals surface area contributed by atoms with Gasteiger partial charge in [-0.15, -0.1) is 0 Å². The number of aromatic nitrogens is 3. The van der Waals surface area contributed by atoms with Crippen LogP contribution in [-0.4, -0.2) is 75.9 Å². The normalized spacial score (nSPS) is 24.9. The first kappa shape index (κ1) is 23.2. The number of likely N-dealkylation sites (N-methyl/N-ethyl adjacent to an activating group) is 1. The van der Waals surface area contributed by atoms with E-state index in [1.807, 2.05) is 31.1 Å². The maximum Gasteiger partial charge on any atom is 0.435 e. The smallest absolute Gasteiger partial charge is 0.336 e. The van der Waals surface area contributed by atoms with Crippen LogP contribution in [0.25, 0.3) is 17.3 Å². The molecule has 190 valence electrons. The largest absolute Gasteiger partial charge is 0.435 e. The molecule has 1 saturated heterocycles. The molecule has 2 N–H and O–H groups in total. The van der Waals surface area contributed by atoms with Crippen LogP contribution >= 0.6 is 0 Å². The topological polar surface area (TPSA) is 89.5 Å². The van der Waals surface area contributed by atoms with Gasteiger partial charge in [-0.3, -0.25) is 9.89 Å². The van der Waals surface area contributed by atoms with Crippen molar-refractivity contribution in [3.63, 3.8) is 0 Å². The van der Waals surface area contributed by atoms with Gasteiger partial charge in [0.1, 0.15) is 5.71 Å². The Morgan fingerprint density at radius 1 is 1.19 bits per heavy atom. The number of carbonyl (C=O) groups is 1. The predicted octanol–water partition coefficient (Wildman–Crippen LogP) is 2.97. The Kier molecular flexibility index (Phi) is 5.43. The van der Waals surface area contributed by atoms with Crippen LogP contribution in [0.15, 0.2) is 17.4 Å². The highest BCUT2D eigenvalue weighted by Crippen LogP contribution is 2.44. The van der Waals surface area contributed by atoms with Crippen LogP contribution in [0.2, 0.25) is 0 Å². The number of nitrogens with one attached hydrogen (secondary N) is 2. The van der Waals surface area contributed by atoms with E-state index in [-0.39, 0.29) is 23.4 Å². The van der Waals surface area contributed by atoms with Crippen LogP contribution in [-0.2, 0) is 23.8 Å². The summed E-state index contributed by atoms with van der Waals surface area (Å²) in [6.07, 6.45) is 4.55. The summed E-state index contributed by atoms with van der Waals surface area (Å²) in [4.78, 5) is 22.4. The summed E-state index contributed by atoms with van der Waals surface area (Å²) < 4.78 is 41.1. The van der Waals surface area contributed by atoms with E-state index < -0.39 is 11.9 Å². The van der Waals surface area contributed by atoms with E-state index in [2.05, 4.69) is 25.6 Å². The average Bonchev–Trinajstić information content (AvgIpc) is 3.61. The molecule has 2 aliphatic heterocycles. The molecule has 36 heavy (non-hydrogen) atoms. The SMILES string of the molecule is CN(C)C1CCN(C(=O)C2=NNC3C=Cc4nc(-c5c[nH]nc5C(F)(F)F)c5c(c4C23)CCCC5)C1. The van der Waals surface area contributed by atoms with Crippen LogP contribution in [0.4, 0.5) is 13.2 Å². The quantitative estimate of drug-likeness (QED) is 0.678. The van der Waals surface area contributed by atoms with E-state index in [1.54, 1.807) is 0 Å². The number of hydrogen-bond donors (Lipinski definition) is 2. The van der Waals surface area contributed by atoms with Crippen LogP contribution < -0.4 is 5.43 Å². The molecule has 4 heterocycles. The fraction of sp³-hybridized carbons (Fsp3) is 0.520. The summed E-state index contributed by atoms with van der Waals surface area (Å²) in [5, 5.41) is 10.3. The Balaban J connectivity index is 1.43. The highest BCUT2D eigenvalue weighted by molar-refractivity contribution is 6.41. The molecule has 4 aliphatic rings. The molecular weight excluding hydrogens is 471 g/mol. The summed E-state index contributed by atoms with van der Waals surface area (Å²) in [5.74, 6) is -0.390. The molecule has 2 aromatic rings. The van der Waals surface area contributed by atoms with E-state index in [0.717, 1.165) is 42.4 Å². The minimum Gasteiger partial charge on any atom is -0.336 e. The van der Waals surface area contributed by atoms with E-state index >= 15 is 0 Å². The maximum absolute atomic E-state index is 13.7. The summed E-state index contributed by atoms with van der Waals surface area (Å²) in [5.41, 5.74) is 6.30. The number of halogens is 3. The number of likely N-dealkylation sites (tertiary alicyclic amines) is 1. The second-order valence-electron chi connectivity index (χ2n) is 10.2. The third kappa shape index (κ3) is 3.63. The van der Waals surface area contributed by atoms with Gasteiger partial charge in [0.05, 0.1) is 28.9 Å². The molecule has 1 fully saturated rings. The molecule has 8 nitrogen and oxygen atoms in total. The van der Waals surface area contributed by atoms with Crippen LogP contribution in [0.5, 0.6) is 0 Å². The number of hydrogen-bond acceptors (Lipinski definition) is 6. The van der Waals surface area contributed by atoms with Gasteiger partial charge in [0.15, 0.2) is 5.69 Å². The number of alkyl halides is 3. The fourth-order valence-electron chi connectivity index (χ4n) is 6.06. The van der Waals surface area contributed by atoms with E-state index in [4.69, 9.17) is 4.98 Å². The zero-order valence-electron chi connectivity index (χ0n) is 20.2. The van der Waals surface area contributed by atoms with Crippen molar-refractivity contribution in [2.24, 2.45) is 5.10 Å². The van der Waals surface area contributed by atoms with Gasteiger partial charge in [0, 0.05) is 25.3 Å². The number of H-pyrrole nitrogens is 1. The Hall–Kier alpha value is -3.21. The first-order valence-corrected chi connectivity index (χ1v) is 12.4. The number of nitrogens with zero attached hydrogens (tertiary/aromatic N) is 5. The van der Waals surface area contributed by atoms with Crippen LogP contribution in [0.3, 0.4) is 0 Å². The lowest BCUT2D eigenvalue weighted by Gasteiger charge is -2.31. The number of aromatic amines is 1. The Bertz CT molecular complexity index is 1280. The number of amides is 1. The molecule has 3 unspecified atom stereocenters. The number of carbonyl (C=O) groups excluding carboxylic acids is 1. The molecule has 2 aromatic heterocycles. The van der Waals surface area contributed by atoms with Gasteiger partial charge < -0.3 is 15.2 Å². The zero-order chi connectivity index (χ0) is 25.2. The van der Waals surface area contributed by atoms with Crippen LogP contribution in [0.1, 0.15) is 53.3 Å². The lowest BCUT2D eigenvalue weighted by Crippen LogP contribution is -2.41. The summed E-state index contributed by atoms with van der Waals surface area (Å²) in [6, 6.07) is 0.134. The zero-order valence-corrected chi connectivity index (χ0v) is 20.2. The van der Waals surface area contributed by atoms with Crippen molar-refractivity contribution in [1.29, 1.82) is 0 Å². The molecule has 2 aliphatic carbocycles. The van der Waals surface area contributed by atoms with Crippen LogP contribution in [0, 0.1) is 0 Å². The second kappa shape index (κ2) is 8.43. The van der Waals surface area contributed by atoms with Crippen molar-refractivity contribution in [2.45, 2.75) is 56.3 Å². The summed E-state index contributed by atoms with van der Waals surface area (Å²) in [7, 11) is 4.04. The van der Waals surface area contributed by atoms with Crippen molar-refractivity contribution in [3.05, 3.63) is 40.4 Å². The van der Waals surface area contributed by atoms with Gasteiger partial charge in [-0.1, -0.05) is 6.08 Å². The lowest BCUT2D eigenvalue weighted by atomic mass is 9.75. The Morgan fingerprint density at radius 2 is 1.97 bits per heavy atom. The highest BCUT2D eigenvalue weighted by atomic mass is 19.4. The van der Waals surface area contributed by atoms with E-state index in [1.165, 1.54) is 6.20 Å². The monoisotopic (exact) mass is 499 g/mol. The first-order valence-electron chi connectivity index (χ1n) is 12.4. The van der Waals surface area contributed by atoms with E-state index in [9.17, 15) is 18.0 Å². The van der Waals surface area contributed by atoms with Crippen molar-refractivity contribution >= 4 is 17.7 Å². The van der Waals surface area contributed by atoms with Crippen molar-refractivity contribution in [3.8, 4) is 11.3 Å². The number of rotatable bonds is 3. The summed E-state index contributed by atoms with van der Waals surface area (Å²) in [6.45, 7) is 1.33. The maximum atomic E-state index is 13.7. The van der Waals surface area contributed by atoms with Gasteiger partial charge in [-0.05, 0) is 69.0 Å². The molecule has 0 bridgehead atoms. The minimum atomic E-state index is -4.59. The average molecular weight is 500 g/mol. The van der Waals surface area contributed by atoms with Gasteiger partial charge >= 0.3 is 6.18 Å². The summed E-state index contributed by atoms with van der Waals surface area (Å²) >= 11 is 0. The molecule has 11 heteroatoms. The number of pyridine rings is 1. The standard InChI is InChI=1S/C25H28F3N7O/c1-34(2)13-9-10-35(12-13)24(36)22-20-18(31-32-22)8-7-17-19(20)14-5-3-4-6-15(14)21(30-17)16-11-29-33-23(16)25(26,27)28/h7-8,11,13,18,20,31H,3-6,9-10,12H2,1-2H3,(H,29,33). The minimum absolute atomic E-state index is 0.0275. The molecule has 6 rings (SSSR count). The highest BCUT2D eigenvalue weighted by Gasteiger charge is 2.45. The molecule has 1 amide bonds. The third-order valence-electron chi connectivity index (χ3n) is 7.91. The fourth-order valence-corrected chi connectivity index (χ4v) is 6.06. The van der Waals surface area contributed by atoms with Crippen molar-refractivity contribution < 1.29 is 18.0 Å². The Labute approximate surface area is 206 Å². The van der Waals surface area contributed by atoms with E-state index in [0.29, 0.717) is 42.7 Å². The third-order valence-corrected chi connectivity index (χ3v) is 7.91. The van der Waals surface area contributed by atoms with Crippen molar-refractivity contribution in [2.75, 3.05) is 27.2 Å². The van der Waals surface area contributed by atoms with Crippen molar-refractivity contribution in [1.82, 2.24) is 30.4 Å². The molecular formula is C25H28F3N7O. The predicted molar refractivity (Wildman–Crippen MR) is 128 cm³/mol. The van der Waals surface area contributed by atoms with Gasteiger partial charge in [0.25, 0.3) is 5.91 Å². The Morgan fingerprint density at radius 3 is 2.69 bits per heavy atom. The van der Waals surface area contributed by atoms with Gasteiger partial charge in [-0.2, -0.15) is 23.4 Å². The second-order valence-corrected chi connectivity index (χ2v) is 10.2. The number of hydrazone groups is 1.